The van der Waals surface area contributed by atoms with Gasteiger partial charge in [0.15, 0.2) is 0 Å². The van der Waals surface area contributed by atoms with Crippen LogP contribution in [0.1, 0.15) is 5.56 Å². The molecule has 120 valence electrons. The van der Waals surface area contributed by atoms with Gasteiger partial charge in [-0.15, -0.1) is 0 Å². The van der Waals surface area contributed by atoms with Crippen molar-refractivity contribution in [2.75, 3.05) is 53.5 Å². The van der Waals surface area contributed by atoms with Crippen LogP contribution in [-0.4, -0.2) is 69.3 Å². The van der Waals surface area contributed by atoms with Crippen LogP contribution in [0.5, 0.6) is 5.75 Å². The van der Waals surface area contributed by atoms with Gasteiger partial charge in [0.05, 0.1) is 7.11 Å². The summed E-state index contributed by atoms with van der Waals surface area (Å²) in [6.45, 7) is 6.12. The summed E-state index contributed by atoms with van der Waals surface area (Å²) in [6.07, 6.45) is 3.13. The maximum absolute atomic E-state index is 11.0. The predicted molar refractivity (Wildman–Crippen MR) is 86.9 cm³/mol. The molecule has 0 unspecified atom stereocenters. The fourth-order valence-corrected chi connectivity index (χ4v) is 2.27. The summed E-state index contributed by atoms with van der Waals surface area (Å²) in [7, 11) is 3.52. The lowest BCUT2D eigenvalue weighted by atomic mass is 10.2. The summed E-state index contributed by atoms with van der Waals surface area (Å²) in [6, 6.07) is 7.68. The molecule has 5 heteroatoms. The topological polar surface area (TPSA) is 42.0 Å². The molecular formula is C17H24N2O3. The number of hydrogen-bond donors (Lipinski definition) is 0. The zero-order valence-corrected chi connectivity index (χ0v) is 13.3. The molecule has 0 amide bonds. The normalized spacial score (nSPS) is 16.8. The summed E-state index contributed by atoms with van der Waals surface area (Å²) in [4.78, 5) is 15.8. The Morgan fingerprint density at radius 3 is 2.50 bits per heavy atom. The standard InChI is InChI=1S/C17H24N2O3/c1-18-9-11-19(12-10-18)13-14-22-16-6-3-15(4-7-16)5-8-17(20)21-2/h3-8H,9-14H2,1-2H3. The highest BCUT2D eigenvalue weighted by Crippen LogP contribution is 2.13. The van der Waals surface area contributed by atoms with Crippen LogP contribution in [0, 0.1) is 0 Å². The first kappa shape index (κ1) is 16.5. The highest BCUT2D eigenvalue weighted by atomic mass is 16.5. The number of likely N-dealkylation sites (N-methyl/N-ethyl adjacent to an activating group) is 1. The van der Waals surface area contributed by atoms with Crippen molar-refractivity contribution in [3.63, 3.8) is 0 Å². The van der Waals surface area contributed by atoms with Gasteiger partial charge in [0.2, 0.25) is 0 Å². The molecule has 0 N–H and O–H groups in total. The van der Waals surface area contributed by atoms with E-state index in [0.29, 0.717) is 6.61 Å². The van der Waals surface area contributed by atoms with Gasteiger partial charge in [-0.3, -0.25) is 4.90 Å². The molecule has 1 aliphatic heterocycles. The van der Waals surface area contributed by atoms with Crippen LogP contribution in [-0.2, 0) is 9.53 Å². The zero-order chi connectivity index (χ0) is 15.8. The van der Waals surface area contributed by atoms with Crippen molar-refractivity contribution in [2.24, 2.45) is 0 Å². The third-order valence-electron chi connectivity index (χ3n) is 3.77. The second kappa shape index (κ2) is 8.56. The number of nitrogens with zero attached hydrogens (tertiary/aromatic N) is 2. The summed E-state index contributed by atoms with van der Waals surface area (Å²) in [5.74, 6) is 0.497. The summed E-state index contributed by atoms with van der Waals surface area (Å²) >= 11 is 0. The lowest BCUT2D eigenvalue weighted by molar-refractivity contribution is -0.134. The number of carbonyl (C=O) groups excluding carboxylic acids is 1. The molecule has 2 rings (SSSR count). The van der Waals surface area contributed by atoms with E-state index in [1.54, 1.807) is 6.08 Å². The quantitative estimate of drug-likeness (QED) is 0.588. The van der Waals surface area contributed by atoms with Gasteiger partial charge in [0.25, 0.3) is 0 Å². The maximum atomic E-state index is 11.0. The SMILES string of the molecule is COC(=O)C=Cc1ccc(OCCN2CCN(C)CC2)cc1. The third-order valence-corrected chi connectivity index (χ3v) is 3.77. The van der Waals surface area contributed by atoms with Crippen molar-refractivity contribution >= 4 is 12.0 Å². The summed E-state index contributed by atoms with van der Waals surface area (Å²) in [5.41, 5.74) is 0.941. The van der Waals surface area contributed by atoms with Crippen LogP contribution >= 0.6 is 0 Å². The molecule has 0 bridgehead atoms. The van der Waals surface area contributed by atoms with E-state index in [4.69, 9.17) is 4.74 Å². The first-order chi connectivity index (χ1) is 10.7. The van der Waals surface area contributed by atoms with E-state index in [1.165, 1.54) is 13.2 Å². The molecule has 0 spiro atoms. The maximum Gasteiger partial charge on any atom is 0.330 e. The van der Waals surface area contributed by atoms with E-state index in [-0.39, 0.29) is 5.97 Å². The van der Waals surface area contributed by atoms with Crippen LogP contribution < -0.4 is 4.74 Å². The molecule has 22 heavy (non-hydrogen) atoms. The molecule has 1 fully saturated rings. The van der Waals surface area contributed by atoms with Crippen molar-refractivity contribution in [3.05, 3.63) is 35.9 Å². The van der Waals surface area contributed by atoms with Crippen LogP contribution in [0.15, 0.2) is 30.3 Å². The van der Waals surface area contributed by atoms with Crippen LogP contribution in [0.25, 0.3) is 6.08 Å². The molecule has 0 aliphatic carbocycles. The van der Waals surface area contributed by atoms with Gasteiger partial charge < -0.3 is 14.4 Å². The van der Waals surface area contributed by atoms with E-state index in [0.717, 1.165) is 44.0 Å². The molecule has 1 aromatic carbocycles. The van der Waals surface area contributed by atoms with Gasteiger partial charge in [-0.25, -0.2) is 4.79 Å². The first-order valence-corrected chi connectivity index (χ1v) is 7.57. The molecule has 1 aromatic rings. The zero-order valence-electron chi connectivity index (χ0n) is 13.3. The van der Waals surface area contributed by atoms with E-state index >= 15 is 0 Å². The second-order valence-electron chi connectivity index (χ2n) is 5.42. The minimum absolute atomic E-state index is 0.354. The summed E-state index contributed by atoms with van der Waals surface area (Å²) in [5, 5.41) is 0. The predicted octanol–water partition coefficient (Wildman–Crippen LogP) is 1.50. The Labute approximate surface area is 132 Å². The third kappa shape index (κ3) is 5.50. The van der Waals surface area contributed by atoms with Crippen LogP contribution in [0.4, 0.5) is 0 Å². The van der Waals surface area contributed by atoms with Crippen molar-refractivity contribution < 1.29 is 14.3 Å². The molecule has 1 heterocycles. The molecule has 5 nitrogen and oxygen atoms in total. The smallest absolute Gasteiger partial charge is 0.330 e. The fraction of sp³-hybridized carbons (Fsp3) is 0.471. The number of benzene rings is 1. The minimum atomic E-state index is -0.354. The van der Waals surface area contributed by atoms with Crippen LogP contribution in [0.3, 0.4) is 0 Å². The Morgan fingerprint density at radius 2 is 1.86 bits per heavy atom. The van der Waals surface area contributed by atoms with Gasteiger partial charge in [-0.1, -0.05) is 12.1 Å². The minimum Gasteiger partial charge on any atom is -0.492 e. The fourth-order valence-electron chi connectivity index (χ4n) is 2.27. The second-order valence-corrected chi connectivity index (χ2v) is 5.42. The molecule has 0 saturated carbocycles. The van der Waals surface area contributed by atoms with Gasteiger partial charge in [0.1, 0.15) is 12.4 Å². The highest BCUT2D eigenvalue weighted by Gasteiger charge is 2.12. The molecule has 0 atom stereocenters. The number of piperazine rings is 1. The largest absolute Gasteiger partial charge is 0.492 e. The number of rotatable bonds is 6. The average Bonchev–Trinajstić information content (AvgIpc) is 2.55. The Morgan fingerprint density at radius 1 is 1.18 bits per heavy atom. The lowest BCUT2D eigenvalue weighted by Crippen LogP contribution is -2.45. The Hall–Kier alpha value is -1.85. The average molecular weight is 304 g/mol. The molecule has 0 aromatic heterocycles. The number of hydrogen-bond acceptors (Lipinski definition) is 5. The van der Waals surface area contributed by atoms with E-state index in [9.17, 15) is 4.79 Å². The van der Waals surface area contributed by atoms with Crippen LogP contribution in [0.2, 0.25) is 0 Å². The number of methoxy groups -OCH3 is 1. The molecular weight excluding hydrogens is 280 g/mol. The molecule has 0 radical (unpaired) electrons. The summed E-state index contributed by atoms with van der Waals surface area (Å²) < 4.78 is 10.3. The Bertz CT molecular complexity index is 491. The highest BCUT2D eigenvalue weighted by molar-refractivity contribution is 5.86. The van der Waals surface area contributed by atoms with Crippen molar-refractivity contribution in [2.45, 2.75) is 0 Å². The van der Waals surface area contributed by atoms with Gasteiger partial charge in [-0.2, -0.15) is 0 Å². The first-order valence-electron chi connectivity index (χ1n) is 7.57. The van der Waals surface area contributed by atoms with Crippen molar-refractivity contribution in [1.82, 2.24) is 9.80 Å². The number of esters is 1. The van der Waals surface area contributed by atoms with Crippen molar-refractivity contribution in [1.29, 1.82) is 0 Å². The van der Waals surface area contributed by atoms with E-state index < -0.39 is 0 Å². The van der Waals surface area contributed by atoms with Gasteiger partial charge >= 0.3 is 5.97 Å². The van der Waals surface area contributed by atoms with E-state index in [1.807, 2.05) is 24.3 Å². The number of ether oxygens (including phenoxy) is 2. The Balaban J connectivity index is 1.72. The molecule has 1 aliphatic rings. The van der Waals surface area contributed by atoms with Gasteiger partial charge in [-0.05, 0) is 30.8 Å². The van der Waals surface area contributed by atoms with Gasteiger partial charge in [0, 0.05) is 38.8 Å². The van der Waals surface area contributed by atoms with E-state index in [2.05, 4.69) is 21.6 Å². The van der Waals surface area contributed by atoms with Crippen molar-refractivity contribution in [3.8, 4) is 5.75 Å². The molecule has 1 saturated heterocycles. The number of carbonyl (C=O) groups is 1. The monoisotopic (exact) mass is 304 g/mol. The Kier molecular flexibility index (Phi) is 6.43. The lowest BCUT2D eigenvalue weighted by Gasteiger charge is -2.32.